The molecule has 2 aromatic rings. The van der Waals surface area contributed by atoms with Crippen molar-refractivity contribution in [2.75, 3.05) is 26.6 Å². The van der Waals surface area contributed by atoms with Gasteiger partial charge in [-0.1, -0.05) is 18.2 Å². The Morgan fingerprint density at radius 3 is 2.47 bits per heavy atom. The number of halogens is 3. The van der Waals surface area contributed by atoms with E-state index in [0.29, 0.717) is 31.9 Å². The number of hydrogen-bond acceptors (Lipinski definition) is 4. The van der Waals surface area contributed by atoms with Crippen LogP contribution in [0.4, 0.5) is 13.2 Å². The van der Waals surface area contributed by atoms with Gasteiger partial charge in [-0.25, -0.2) is 0 Å². The highest BCUT2D eigenvalue weighted by molar-refractivity contribution is 5.83. The summed E-state index contributed by atoms with van der Waals surface area (Å²) in [7, 11) is 0. The second kappa shape index (κ2) is 7.99. The summed E-state index contributed by atoms with van der Waals surface area (Å²) in [6.07, 6.45) is -2.15. The summed E-state index contributed by atoms with van der Waals surface area (Å²) in [4.78, 5) is 12.9. The minimum atomic E-state index is -4.36. The van der Waals surface area contributed by atoms with Crippen molar-refractivity contribution in [3.8, 4) is 11.5 Å². The molecular formula is C24H24F3NO4. The van der Waals surface area contributed by atoms with Crippen LogP contribution < -0.4 is 14.8 Å². The minimum absolute atomic E-state index is 0.0338. The third kappa shape index (κ3) is 4.03. The van der Waals surface area contributed by atoms with E-state index in [1.54, 1.807) is 0 Å². The van der Waals surface area contributed by atoms with Crippen molar-refractivity contribution in [3.63, 3.8) is 0 Å². The number of benzene rings is 2. The Hall–Kier alpha value is -2.74. The van der Waals surface area contributed by atoms with Gasteiger partial charge in [0.05, 0.1) is 5.56 Å². The first-order valence-corrected chi connectivity index (χ1v) is 10.8. The Kier molecular flexibility index (Phi) is 5.28. The molecule has 5 rings (SSSR count). The molecule has 1 aliphatic carbocycles. The second-order valence-electron chi connectivity index (χ2n) is 8.75. The lowest BCUT2D eigenvalue weighted by Crippen LogP contribution is -2.45. The summed E-state index contributed by atoms with van der Waals surface area (Å²) in [5.74, 6) is 1.14. The van der Waals surface area contributed by atoms with E-state index >= 15 is 0 Å². The Morgan fingerprint density at radius 1 is 1.03 bits per heavy atom. The molecule has 2 atom stereocenters. The molecule has 1 amide bonds. The topological polar surface area (TPSA) is 56.8 Å². The Labute approximate surface area is 183 Å². The first-order chi connectivity index (χ1) is 15.4. The smallest absolute Gasteiger partial charge is 0.416 e. The van der Waals surface area contributed by atoms with Gasteiger partial charge in [-0.2, -0.15) is 13.2 Å². The molecule has 2 fully saturated rings. The van der Waals surface area contributed by atoms with Gasteiger partial charge in [0, 0.05) is 31.1 Å². The lowest BCUT2D eigenvalue weighted by atomic mass is 9.74. The standard InChI is InChI=1S/C24H24F3NO4/c25-24(26,27)16-3-1-15(2-4-16)18-12-19(18)22(29)28-13-23(7-9-30-10-8-23)17-5-6-20-21(11-17)32-14-31-20/h1-6,11,18-19H,7-10,12-14H2,(H,28,29). The number of hydrogen-bond donors (Lipinski definition) is 1. The average Bonchev–Trinajstić information content (AvgIpc) is 3.46. The highest BCUT2D eigenvalue weighted by Crippen LogP contribution is 2.48. The van der Waals surface area contributed by atoms with Crippen LogP contribution in [-0.4, -0.2) is 32.5 Å². The quantitative estimate of drug-likeness (QED) is 0.738. The molecule has 2 aromatic carbocycles. The molecule has 2 heterocycles. The van der Waals surface area contributed by atoms with Crippen LogP contribution >= 0.6 is 0 Å². The van der Waals surface area contributed by atoms with Crippen molar-refractivity contribution in [2.45, 2.75) is 36.8 Å². The molecule has 2 unspecified atom stereocenters. The van der Waals surface area contributed by atoms with Gasteiger partial charge < -0.3 is 19.5 Å². The fourth-order valence-corrected chi connectivity index (χ4v) is 4.72. The van der Waals surface area contributed by atoms with Crippen molar-refractivity contribution in [1.82, 2.24) is 5.32 Å². The van der Waals surface area contributed by atoms with Gasteiger partial charge in [0.2, 0.25) is 12.7 Å². The number of rotatable bonds is 5. The minimum Gasteiger partial charge on any atom is -0.454 e. The van der Waals surface area contributed by atoms with Gasteiger partial charge in [-0.15, -0.1) is 0 Å². The van der Waals surface area contributed by atoms with Crippen molar-refractivity contribution in [2.24, 2.45) is 5.92 Å². The molecule has 3 aliphatic rings. The zero-order valence-corrected chi connectivity index (χ0v) is 17.4. The number of fused-ring (bicyclic) bond motifs is 1. The van der Waals surface area contributed by atoms with Crippen LogP contribution in [0.3, 0.4) is 0 Å². The molecule has 1 saturated heterocycles. The Balaban J connectivity index is 1.25. The van der Waals surface area contributed by atoms with Crippen molar-refractivity contribution in [3.05, 3.63) is 59.2 Å². The molecule has 0 aromatic heterocycles. The second-order valence-corrected chi connectivity index (χ2v) is 8.75. The van der Waals surface area contributed by atoms with Gasteiger partial charge >= 0.3 is 6.18 Å². The van der Waals surface area contributed by atoms with Gasteiger partial charge in [0.15, 0.2) is 11.5 Å². The van der Waals surface area contributed by atoms with E-state index in [2.05, 4.69) is 5.32 Å². The fourth-order valence-electron chi connectivity index (χ4n) is 4.72. The van der Waals surface area contributed by atoms with Crippen LogP contribution in [-0.2, 0) is 21.1 Å². The van der Waals surface area contributed by atoms with E-state index in [1.165, 1.54) is 12.1 Å². The van der Waals surface area contributed by atoms with E-state index < -0.39 is 11.7 Å². The molecule has 2 aliphatic heterocycles. The Morgan fingerprint density at radius 2 is 1.75 bits per heavy atom. The maximum absolute atomic E-state index is 12.9. The number of amides is 1. The molecule has 1 saturated carbocycles. The average molecular weight is 447 g/mol. The van der Waals surface area contributed by atoms with E-state index in [4.69, 9.17) is 14.2 Å². The summed E-state index contributed by atoms with van der Waals surface area (Å²) in [5.41, 5.74) is 0.927. The first-order valence-electron chi connectivity index (χ1n) is 10.8. The third-order valence-electron chi connectivity index (χ3n) is 6.83. The molecule has 170 valence electrons. The van der Waals surface area contributed by atoms with E-state index in [-0.39, 0.29) is 30.0 Å². The van der Waals surface area contributed by atoms with Gasteiger partial charge in [0.25, 0.3) is 0 Å². The van der Waals surface area contributed by atoms with Gasteiger partial charge in [0.1, 0.15) is 0 Å². The lowest BCUT2D eigenvalue weighted by Gasteiger charge is -2.38. The van der Waals surface area contributed by atoms with E-state index in [1.807, 2.05) is 18.2 Å². The number of carbonyl (C=O) groups excluding carboxylic acids is 1. The molecule has 32 heavy (non-hydrogen) atoms. The summed E-state index contributed by atoms with van der Waals surface area (Å²) < 4.78 is 54.8. The lowest BCUT2D eigenvalue weighted by molar-refractivity contribution is -0.137. The number of alkyl halides is 3. The number of carbonyl (C=O) groups is 1. The molecule has 0 bridgehead atoms. The monoisotopic (exact) mass is 447 g/mol. The normalized spacial score (nSPS) is 23.6. The highest BCUT2D eigenvalue weighted by atomic mass is 19.4. The highest BCUT2D eigenvalue weighted by Gasteiger charge is 2.45. The molecule has 8 heteroatoms. The van der Waals surface area contributed by atoms with E-state index in [0.717, 1.165) is 41.9 Å². The van der Waals surface area contributed by atoms with Crippen LogP contribution in [0.1, 0.15) is 41.9 Å². The summed E-state index contributed by atoms with van der Waals surface area (Å²) >= 11 is 0. The van der Waals surface area contributed by atoms with Crippen LogP contribution in [0.15, 0.2) is 42.5 Å². The first kappa shape index (κ1) is 21.1. The van der Waals surface area contributed by atoms with Crippen LogP contribution in [0.2, 0.25) is 0 Å². The number of nitrogens with one attached hydrogen (secondary N) is 1. The van der Waals surface area contributed by atoms with E-state index in [9.17, 15) is 18.0 Å². The van der Waals surface area contributed by atoms with Gasteiger partial charge in [-0.3, -0.25) is 4.79 Å². The molecular weight excluding hydrogens is 423 g/mol. The number of ether oxygens (including phenoxy) is 3. The van der Waals surface area contributed by atoms with Crippen molar-refractivity contribution in [1.29, 1.82) is 0 Å². The Bertz CT molecular complexity index is 999. The molecule has 0 radical (unpaired) electrons. The van der Waals surface area contributed by atoms with Crippen LogP contribution in [0, 0.1) is 5.92 Å². The zero-order valence-electron chi connectivity index (χ0n) is 17.4. The van der Waals surface area contributed by atoms with Crippen molar-refractivity contribution < 1.29 is 32.2 Å². The summed E-state index contributed by atoms with van der Waals surface area (Å²) in [6.45, 7) is 1.91. The molecule has 0 spiro atoms. The fraction of sp³-hybridized carbons (Fsp3) is 0.458. The maximum atomic E-state index is 12.9. The van der Waals surface area contributed by atoms with Gasteiger partial charge in [-0.05, 0) is 60.6 Å². The maximum Gasteiger partial charge on any atom is 0.416 e. The predicted octanol–water partition coefficient (Wildman–Crippen LogP) is 4.40. The van der Waals surface area contributed by atoms with Crippen LogP contribution in [0.5, 0.6) is 11.5 Å². The summed E-state index contributed by atoms with van der Waals surface area (Å²) in [5, 5.41) is 3.11. The largest absolute Gasteiger partial charge is 0.454 e. The van der Waals surface area contributed by atoms with Crippen molar-refractivity contribution >= 4 is 5.91 Å². The molecule has 5 nitrogen and oxygen atoms in total. The third-order valence-corrected chi connectivity index (χ3v) is 6.83. The SMILES string of the molecule is O=C(NCC1(c2ccc3c(c2)OCO3)CCOCC1)C1CC1c1ccc(C(F)(F)F)cc1. The summed E-state index contributed by atoms with van der Waals surface area (Å²) in [6, 6.07) is 11.0. The zero-order chi connectivity index (χ0) is 22.3. The predicted molar refractivity (Wildman–Crippen MR) is 110 cm³/mol. The van der Waals surface area contributed by atoms with Crippen LogP contribution in [0.25, 0.3) is 0 Å². The molecule has 1 N–H and O–H groups in total.